The highest BCUT2D eigenvalue weighted by atomic mass is 32.2. The number of nitrogens with zero attached hydrogens (tertiary/aromatic N) is 1. The molecule has 0 aliphatic carbocycles. The predicted molar refractivity (Wildman–Crippen MR) is 78.7 cm³/mol. The fourth-order valence-corrected chi connectivity index (χ4v) is 3.07. The number of carbonyl (C=O) groups is 2. The van der Waals surface area contributed by atoms with Gasteiger partial charge in [0.05, 0.1) is 5.88 Å². The maximum absolute atomic E-state index is 12.2. The first-order valence-electron chi connectivity index (χ1n) is 6.70. The van der Waals surface area contributed by atoms with Gasteiger partial charge in [-0.15, -0.1) is 11.8 Å². The molecule has 110 valence electrons. The van der Waals surface area contributed by atoms with Crippen LogP contribution in [0.4, 0.5) is 0 Å². The third-order valence-electron chi connectivity index (χ3n) is 2.87. The third-order valence-corrected chi connectivity index (χ3v) is 3.88. The Morgan fingerprint density at radius 3 is 2.68 bits per heavy atom. The number of amides is 2. The molecule has 0 spiro atoms. The summed E-state index contributed by atoms with van der Waals surface area (Å²) in [5.41, 5.74) is 5.34. The molecule has 0 aromatic carbocycles. The summed E-state index contributed by atoms with van der Waals surface area (Å²) < 4.78 is 0. The lowest BCUT2D eigenvalue weighted by atomic mass is 9.91. The number of hydrogen-bond donors (Lipinski definition) is 2. The molecule has 0 aromatic rings. The van der Waals surface area contributed by atoms with E-state index in [4.69, 9.17) is 5.73 Å². The molecule has 0 aromatic heterocycles. The monoisotopic (exact) mass is 287 g/mol. The van der Waals surface area contributed by atoms with Crippen molar-refractivity contribution in [2.24, 2.45) is 11.1 Å². The molecule has 5 nitrogen and oxygen atoms in total. The van der Waals surface area contributed by atoms with Crippen molar-refractivity contribution in [3.05, 3.63) is 0 Å². The first-order valence-corrected chi connectivity index (χ1v) is 7.85. The molecule has 0 radical (unpaired) electrons. The fraction of sp³-hybridized carbons (Fsp3) is 0.846. The Balaban J connectivity index is 2.53. The van der Waals surface area contributed by atoms with Crippen molar-refractivity contribution in [1.82, 2.24) is 10.2 Å². The Hall–Kier alpha value is -0.750. The van der Waals surface area contributed by atoms with Gasteiger partial charge in [0, 0.05) is 18.7 Å². The van der Waals surface area contributed by atoms with Crippen LogP contribution in [0.3, 0.4) is 0 Å². The molecule has 1 aliphatic heterocycles. The Labute approximate surface area is 119 Å². The summed E-state index contributed by atoms with van der Waals surface area (Å²) in [4.78, 5) is 26.0. The topological polar surface area (TPSA) is 75.4 Å². The number of thioether (sulfide) groups is 1. The lowest BCUT2D eigenvalue weighted by Crippen LogP contribution is -2.48. The molecule has 1 heterocycles. The molecule has 1 rings (SSSR count). The minimum Gasteiger partial charge on any atom is -0.354 e. The van der Waals surface area contributed by atoms with Crippen LogP contribution in [0.15, 0.2) is 0 Å². The van der Waals surface area contributed by atoms with Gasteiger partial charge in [0.2, 0.25) is 11.8 Å². The first-order chi connectivity index (χ1) is 8.85. The molecule has 6 heteroatoms. The quantitative estimate of drug-likeness (QED) is 0.733. The van der Waals surface area contributed by atoms with E-state index in [0.717, 1.165) is 6.42 Å². The van der Waals surface area contributed by atoms with E-state index in [9.17, 15) is 9.59 Å². The van der Waals surface area contributed by atoms with Crippen molar-refractivity contribution in [2.45, 2.75) is 39.7 Å². The van der Waals surface area contributed by atoms with Gasteiger partial charge in [-0.25, -0.2) is 0 Å². The van der Waals surface area contributed by atoms with Crippen LogP contribution >= 0.6 is 11.8 Å². The van der Waals surface area contributed by atoms with Crippen molar-refractivity contribution in [3.63, 3.8) is 0 Å². The van der Waals surface area contributed by atoms with Crippen LogP contribution < -0.4 is 11.1 Å². The van der Waals surface area contributed by atoms with Gasteiger partial charge in [-0.2, -0.15) is 0 Å². The van der Waals surface area contributed by atoms with E-state index in [1.807, 2.05) is 20.8 Å². The standard InChI is InChI=1S/C13H25N3O2S/c1-13(2,3)7-11(17)16-9-19-8-10(16)12(18)15-6-4-5-14/h10H,4-9,14H2,1-3H3,(H,15,18). The highest BCUT2D eigenvalue weighted by molar-refractivity contribution is 7.99. The maximum atomic E-state index is 12.2. The normalized spacial score (nSPS) is 19.6. The first kappa shape index (κ1) is 16.3. The van der Waals surface area contributed by atoms with Crippen molar-refractivity contribution >= 4 is 23.6 Å². The molecule has 0 bridgehead atoms. The van der Waals surface area contributed by atoms with E-state index in [-0.39, 0.29) is 23.3 Å². The van der Waals surface area contributed by atoms with Gasteiger partial charge in [-0.05, 0) is 18.4 Å². The zero-order valence-corrected chi connectivity index (χ0v) is 12.9. The van der Waals surface area contributed by atoms with Gasteiger partial charge in [0.25, 0.3) is 0 Å². The summed E-state index contributed by atoms with van der Waals surface area (Å²) >= 11 is 1.63. The molecule has 2 amide bonds. The lowest BCUT2D eigenvalue weighted by molar-refractivity contribution is -0.139. The second-order valence-corrected chi connectivity index (χ2v) is 7.05. The SMILES string of the molecule is CC(C)(C)CC(=O)N1CSCC1C(=O)NCCCN. The molecule has 19 heavy (non-hydrogen) atoms. The average Bonchev–Trinajstić information content (AvgIpc) is 2.75. The maximum Gasteiger partial charge on any atom is 0.243 e. The molecule has 1 unspecified atom stereocenters. The zero-order chi connectivity index (χ0) is 14.5. The van der Waals surface area contributed by atoms with Crippen LogP contribution in [0.2, 0.25) is 0 Å². The highest BCUT2D eigenvalue weighted by Gasteiger charge is 2.35. The smallest absolute Gasteiger partial charge is 0.243 e. The number of hydrogen-bond acceptors (Lipinski definition) is 4. The molecular formula is C13H25N3O2S. The minimum absolute atomic E-state index is 0.0507. The summed E-state index contributed by atoms with van der Waals surface area (Å²) in [6, 6.07) is -0.322. The number of nitrogens with one attached hydrogen (secondary N) is 1. The van der Waals surface area contributed by atoms with Gasteiger partial charge in [0.1, 0.15) is 6.04 Å². The summed E-state index contributed by atoms with van der Waals surface area (Å²) in [5.74, 6) is 1.31. The second kappa shape index (κ2) is 7.14. The van der Waals surface area contributed by atoms with E-state index in [1.165, 1.54) is 0 Å². The van der Waals surface area contributed by atoms with Crippen LogP contribution in [0.1, 0.15) is 33.6 Å². The number of carbonyl (C=O) groups excluding carboxylic acids is 2. The van der Waals surface area contributed by atoms with Gasteiger partial charge >= 0.3 is 0 Å². The van der Waals surface area contributed by atoms with Gasteiger partial charge in [-0.3, -0.25) is 9.59 Å². The Bertz CT molecular complexity index is 328. The molecule has 1 atom stereocenters. The van der Waals surface area contributed by atoms with E-state index in [1.54, 1.807) is 16.7 Å². The van der Waals surface area contributed by atoms with Crippen LogP contribution in [-0.2, 0) is 9.59 Å². The number of nitrogens with two attached hydrogens (primary N) is 1. The average molecular weight is 287 g/mol. The Morgan fingerprint density at radius 2 is 2.11 bits per heavy atom. The van der Waals surface area contributed by atoms with E-state index < -0.39 is 0 Å². The molecule has 1 fully saturated rings. The minimum atomic E-state index is -0.322. The van der Waals surface area contributed by atoms with Crippen LogP contribution in [0, 0.1) is 5.41 Å². The van der Waals surface area contributed by atoms with Crippen molar-refractivity contribution in [1.29, 1.82) is 0 Å². The molecule has 1 aliphatic rings. The summed E-state index contributed by atoms with van der Waals surface area (Å²) in [6.07, 6.45) is 1.24. The Morgan fingerprint density at radius 1 is 1.42 bits per heavy atom. The van der Waals surface area contributed by atoms with Crippen molar-refractivity contribution in [2.75, 3.05) is 24.7 Å². The van der Waals surface area contributed by atoms with E-state index >= 15 is 0 Å². The van der Waals surface area contributed by atoms with Gasteiger partial charge in [0.15, 0.2) is 0 Å². The molecule has 0 saturated carbocycles. The second-order valence-electron chi connectivity index (χ2n) is 6.05. The van der Waals surface area contributed by atoms with E-state index in [2.05, 4.69) is 5.32 Å². The molecule has 1 saturated heterocycles. The molecular weight excluding hydrogens is 262 g/mol. The molecule has 3 N–H and O–H groups in total. The fourth-order valence-electron chi connectivity index (χ4n) is 1.89. The van der Waals surface area contributed by atoms with Gasteiger partial charge in [-0.1, -0.05) is 20.8 Å². The van der Waals surface area contributed by atoms with Crippen molar-refractivity contribution in [3.8, 4) is 0 Å². The van der Waals surface area contributed by atoms with E-state index in [0.29, 0.717) is 31.1 Å². The number of rotatable bonds is 5. The van der Waals surface area contributed by atoms with Gasteiger partial charge < -0.3 is 16.0 Å². The van der Waals surface area contributed by atoms with Crippen LogP contribution in [0.5, 0.6) is 0 Å². The van der Waals surface area contributed by atoms with Crippen LogP contribution in [0.25, 0.3) is 0 Å². The predicted octanol–water partition coefficient (Wildman–Crippen LogP) is 0.789. The zero-order valence-electron chi connectivity index (χ0n) is 12.1. The largest absolute Gasteiger partial charge is 0.354 e. The Kier molecular flexibility index (Phi) is 6.13. The summed E-state index contributed by atoms with van der Waals surface area (Å²) in [5, 5.41) is 2.85. The van der Waals surface area contributed by atoms with Crippen LogP contribution in [-0.4, -0.2) is 47.5 Å². The lowest BCUT2D eigenvalue weighted by Gasteiger charge is -2.26. The summed E-state index contributed by atoms with van der Waals surface area (Å²) in [7, 11) is 0. The van der Waals surface area contributed by atoms with Crippen molar-refractivity contribution < 1.29 is 9.59 Å². The summed E-state index contributed by atoms with van der Waals surface area (Å²) in [6.45, 7) is 7.24. The highest BCUT2D eigenvalue weighted by Crippen LogP contribution is 2.26. The third kappa shape index (κ3) is 5.40.